The first-order valence-corrected chi connectivity index (χ1v) is 13.4. The van der Waals surface area contributed by atoms with Crippen molar-refractivity contribution in [3.8, 4) is 5.69 Å². The molecule has 4 rings (SSSR count). The Hall–Kier alpha value is -4.24. The number of hydrogen-bond donors (Lipinski definition) is 1. The molecule has 4 aromatic rings. The first kappa shape index (κ1) is 25.8. The highest BCUT2D eigenvalue weighted by Gasteiger charge is 2.23. The quantitative estimate of drug-likeness (QED) is 0.264. The molecule has 3 aromatic carbocycles. The van der Waals surface area contributed by atoms with Gasteiger partial charge in [0.25, 0.3) is 5.91 Å². The fourth-order valence-corrected chi connectivity index (χ4v) is 5.06. The van der Waals surface area contributed by atoms with Gasteiger partial charge in [-0.05, 0) is 49.7 Å². The van der Waals surface area contributed by atoms with Crippen molar-refractivity contribution < 1.29 is 17.6 Å². The second-order valence-corrected chi connectivity index (χ2v) is 10.5. The van der Waals surface area contributed by atoms with E-state index >= 15 is 0 Å². The van der Waals surface area contributed by atoms with Crippen LogP contribution in [0.25, 0.3) is 5.69 Å². The van der Waals surface area contributed by atoms with Gasteiger partial charge in [0.05, 0.1) is 36.0 Å². The van der Waals surface area contributed by atoms with E-state index in [4.69, 9.17) is 0 Å². The molecule has 0 spiro atoms. The van der Waals surface area contributed by atoms with Crippen LogP contribution in [-0.2, 0) is 16.6 Å². The molecule has 0 unspecified atom stereocenters. The summed E-state index contributed by atoms with van der Waals surface area (Å²) in [4.78, 5) is 13.1. The fourth-order valence-electron chi connectivity index (χ4n) is 4.16. The number of rotatable bonds is 8. The molecule has 0 aliphatic rings. The zero-order valence-electron chi connectivity index (χ0n) is 20.7. The van der Waals surface area contributed by atoms with E-state index in [0.29, 0.717) is 11.3 Å². The number of sulfonamides is 1. The summed E-state index contributed by atoms with van der Waals surface area (Å²) in [6, 6.07) is 24.0. The first-order chi connectivity index (χ1) is 17.7. The first-order valence-electron chi connectivity index (χ1n) is 11.5. The monoisotopic (exact) mass is 518 g/mol. The lowest BCUT2D eigenvalue weighted by Gasteiger charge is -2.24. The summed E-state index contributed by atoms with van der Waals surface area (Å²) >= 11 is 0. The summed E-state index contributed by atoms with van der Waals surface area (Å²) in [7, 11) is -3.69. The number of nitrogens with one attached hydrogen (secondary N) is 1. The molecule has 0 bridgehead atoms. The number of amides is 1. The number of nitrogens with zero attached hydrogens (tertiary/aromatic N) is 3. The van der Waals surface area contributed by atoms with Crippen LogP contribution in [0.2, 0.25) is 0 Å². The van der Waals surface area contributed by atoms with Gasteiger partial charge in [-0.15, -0.1) is 0 Å². The molecule has 1 amide bonds. The lowest BCUT2D eigenvalue weighted by atomic mass is 10.1. The van der Waals surface area contributed by atoms with Gasteiger partial charge in [-0.3, -0.25) is 9.10 Å². The molecule has 9 heteroatoms. The molecule has 0 aliphatic carbocycles. The van der Waals surface area contributed by atoms with Crippen LogP contribution in [0, 0.1) is 19.7 Å². The molecule has 1 N–H and O–H groups in total. The van der Waals surface area contributed by atoms with Crippen LogP contribution >= 0.6 is 0 Å². The summed E-state index contributed by atoms with van der Waals surface area (Å²) < 4.78 is 42.6. The minimum Gasteiger partial charge on any atom is -0.315 e. The molecule has 0 saturated carbocycles. The molecular formula is C28H27FN4O3S. The highest BCUT2D eigenvalue weighted by Crippen LogP contribution is 2.25. The molecule has 37 heavy (non-hydrogen) atoms. The Balaban J connectivity index is 1.58. The number of benzene rings is 3. The molecule has 0 fully saturated rings. The van der Waals surface area contributed by atoms with Gasteiger partial charge >= 0.3 is 0 Å². The van der Waals surface area contributed by atoms with Crippen molar-refractivity contribution in [2.75, 3.05) is 10.6 Å². The predicted octanol–water partition coefficient (Wildman–Crippen LogP) is 4.96. The van der Waals surface area contributed by atoms with Crippen LogP contribution < -0.4 is 9.73 Å². The lowest BCUT2D eigenvalue weighted by molar-refractivity contribution is 0.0955. The Morgan fingerprint density at radius 2 is 1.65 bits per heavy atom. The Kier molecular flexibility index (Phi) is 7.54. The minimum absolute atomic E-state index is 0.0786. The van der Waals surface area contributed by atoms with Gasteiger partial charge < -0.3 is 4.57 Å². The van der Waals surface area contributed by atoms with Crippen LogP contribution in [0.1, 0.15) is 32.9 Å². The molecule has 0 radical (unpaired) electrons. The van der Waals surface area contributed by atoms with Crippen LogP contribution in [0.5, 0.6) is 0 Å². The van der Waals surface area contributed by atoms with Crippen molar-refractivity contribution in [3.05, 3.63) is 119 Å². The van der Waals surface area contributed by atoms with Crippen molar-refractivity contribution in [1.29, 1.82) is 0 Å². The normalized spacial score (nSPS) is 11.6. The van der Waals surface area contributed by atoms with Crippen molar-refractivity contribution in [3.63, 3.8) is 0 Å². The van der Waals surface area contributed by atoms with Gasteiger partial charge in [-0.2, -0.15) is 5.10 Å². The molecule has 0 aliphatic heterocycles. The molecule has 190 valence electrons. The van der Waals surface area contributed by atoms with Crippen molar-refractivity contribution in [1.82, 2.24) is 9.99 Å². The van der Waals surface area contributed by atoms with Crippen LogP contribution in [-0.4, -0.2) is 31.4 Å². The van der Waals surface area contributed by atoms with Crippen LogP contribution in [0.3, 0.4) is 0 Å². The number of aryl methyl sites for hydroxylation is 1. The number of anilines is 1. The van der Waals surface area contributed by atoms with Gasteiger partial charge in [-0.1, -0.05) is 54.6 Å². The van der Waals surface area contributed by atoms with E-state index < -0.39 is 15.9 Å². The van der Waals surface area contributed by atoms with E-state index in [-0.39, 0.29) is 23.6 Å². The third-order valence-corrected chi connectivity index (χ3v) is 7.05. The van der Waals surface area contributed by atoms with Crippen LogP contribution in [0.15, 0.2) is 90.0 Å². The third-order valence-electron chi connectivity index (χ3n) is 5.92. The average molecular weight is 519 g/mol. The Labute approximate surface area is 215 Å². The van der Waals surface area contributed by atoms with Crippen molar-refractivity contribution >= 4 is 27.8 Å². The van der Waals surface area contributed by atoms with E-state index in [1.807, 2.05) is 50.2 Å². The second kappa shape index (κ2) is 10.8. The van der Waals surface area contributed by atoms with Gasteiger partial charge in [-0.25, -0.2) is 18.2 Å². The predicted molar refractivity (Wildman–Crippen MR) is 144 cm³/mol. The Morgan fingerprint density at radius 1 is 1.00 bits per heavy atom. The maximum atomic E-state index is 14.4. The zero-order chi connectivity index (χ0) is 26.6. The lowest BCUT2D eigenvalue weighted by Crippen LogP contribution is -2.32. The molecular weight excluding hydrogens is 491 g/mol. The van der Waals surface area contributed by atoms with E-state index in [0.717, 1.165) is 23.2 Å². The largest absolute Gasteiger partial charge is 0.315 e. The standard InChI is InChI=1S/C28H27FN4O3S/c1-20-17-23(21(2)33(20)27-16-10-8-14-25(27)29)18-30-31-28(34)24-13-7-9-15-26(24)32(37(3,35)36)19-22-11-5-4-6-12-22/h4-18H,19H2,1-3H3,(H,31,34). The van der Waals surface area contributed by atoms with Crippen molar-refractivity contribution in [2.45, 2.75) is 20.4 Å². The molecule has 1 aromatic heterocycles. The topological polar surface area (TPSA) is 83.8 Å². The summed E-state index contributed by atoms with van der Waals surface area (Å²) in [5, 5.41) is 4.10. The summed E-state index contributed by atoms with van der Waals surface area (Å²) in [6.07, 6.45) is 2.59. The SMILES string of the molecule is Cc1cc(C=NNC(=O)c2ccccc2N(Cc2ccccc2)S(C)(=O)=O)c(C)n1-c1ccccc1F. The molecule has 0 saturated heterocycles. The number of carbonyl (C=O) groups excluding carboxylic acids is 1. The summed E-state index contributed by atoms with van der Waals surface area (Å²) in [5.74, 6) is -0.903. The van der Waals surface area contributed by atoms with E-state index in [9.17, 15) is 17.6 Å². The van der Waals surface area contributed by atoms with Gasteiger partial charge in [0, 0.05) is 17.0 Å². The number of hydrazone groups is 1. The third kappa shape index (κ3) is 5.78. The van der Waals surface area contributed by atoms with Gasteiger partial charge in [0.2, 0.25) is 10.0 Å². The highest BCUT2D eigenvalue weighted by molar-refractivity contribution is 7.92. The summed E-state index contributed by atoms with van der Waals surface area (Å²) in [6.45, 7) is 3.78. The number of carbonyl (C=O) groups is 1. The maximum absolute atomic E-state index is 14.4. The van der Waals surface area contributed by atoms with Gasteiger partial charge in [0.15, 0.2) is 0 Å². The summed E-state index contributed by atoms with van der Waals surface area (Å²) in [5.41, 5.74) is 6.39. The molecule has 0 atom stereocenters. The highest BCUT2D eigenvalue weighted by atomic mass is 32.2. The minimum atomic E-state index is -3.69. The van der Waals surface area contributed by atoms with Crippen molar-refractivity contribution in [2.24, 2.45) is 5.10 Å². The van der Waals surface area contributed by atoms with Gasteiger partial charge in [0.1, 0.15) is 5.82 Å². The molecule has 1 heterocycles. The number of hydrogen-bond acceptors (Lipinski definition) is 4. The number of para-hydroxylation sites is 2. The Morgan fingerprint density at radius 3 is 2.35 bits per heavy atom. The Bertz CT molecular complexity index is 1560. The molecule has 7 nitrogen and oxygen atoms in total. The average Bonchev–Trinajstić information content (AvgIpc) is 3.15. The van der Waals surface area contributed by atoms with E-state index in [1.165, 1.54) is 16.6 Å². The van der Waals surface area contributed by atoms with Crippen LogP contribution in [0.4, 0.5) is 10.1 Å². The zero-order valence-corrected chi connectivity index (χ0v) is 21.5. The smallest absolute Gasteiger partial charge is 0.273 e. The fraction of sp³-hybridized carbons (Fsp3) is 0.143. The maximum Gasteiger partial charge on any atom is 0.273 e. The number of halogens is 1. The number of aromatic nitrogens is 1. The second-order valence-electron chi connectivity index (χ2n) is 8.58. The van der Waals surface area contributed by atoms with E-state index in [1.54, 1.807) is 47.0 Å². The van der Waals surface area contributed by atoms with E-state index in [2.05, 4.69) is 10.5 Å².